The summed E-state index contributed by atoms with van der Waals surface area (Å²) in [6.07, 6.45) is 8.97. The van der Waals surface area contributed by atoms with Crippen LogP contribution in [0.25, 0.3) is 16.0 Å². The van der Waals surface area contributed by atoms with Crippen molar-refractivity contribution in [2.24, 2.45) is 10.8 Å². The maximum atomic E-state index is 14.4. The number of hydrogen-bond acceptors (Lipinski definition) is 18. The number of benzene rings is 5. The van der Waals surface area contributed by atoms with E-state index in [1.54, 1.807) is 28.4 Å². The van der Waals surface area contributed by atoms with Crippen molar-refractivity contribution in [3.8, 4) is 10.4 Å². The van der Waals surface area contributed by atoms with Crippen LogP contribution in [0.5, 0.6) is 0 Å². The van der Waals surface area contributed by atoms with Gasteiger partial charge in [0.05, 0.1) is 45.9 Å². The van der Waals surface area contributed by atoms with E-state index in [0.717, 1.165) is 121 Å². The number of sulfonamides is 1. The van der Waals surface area contributed by atoms with Crippen molar-refractivity contribution in [3.05, 3.63) is 160 Å². The van der Waals surface area contributed by atoms with Crippen LogP contribution >= 0.6 is 34.7 Å². The van der Waals surface area contributed by atoms with Crippen LogP contribution in [0.2, 0.25) is 5.02 Å². The van der Waals surface area contributed by atoms with Gasteiger partial charge in [-0.3, -0.25) is 33.8 Å². The Balaban J connectivity index is 0.645. The molecule has 6 aromatic rings. The Bertz CT molecular complexity index is 4410. The molecule has 602 valence electrons. The number of thiazole rings is 1. The van der Waals surface area contributed by atoms with Crippen molar-refractivity contribution in [3.63, 3.8) is 0 Å². The quantitative estimate of drug-likeness (QED) is 0.0183. The molecule has 5 amide bonds. The largest absolute Gasteiger partial charge is 0.501 e. The number of amides is 5. The molecule has 111 heavy (non-hydrogen) atoms. The average Bonchev–Trinajstić information content (AvgIpc) is 1.57. The van der Waals surface area contributed by atoms with E-state index in [0.29, 0.717) is 115 Å². The Morgan fingerprint density at radius 3 is 2.12 bits per heavy atom. The molecule has 1 aromatic heterocycles. The van der Waals surface area contributed by atoms with E-state index < -0.39 is 70.3 Å². The second kappa shape index (κ2) is 39.1. The maximum Gasteiger partial charge on any atom is 0.501 e. The molecule has 3 saturated heterocycles. The van der Waals surface area contributed by atoms with Crippen molar-refractivity contribution >= 4 is 101 Å². The standard InChI is InChI=1S/C82H107ClF3N11O10S4/c1-57(59-22-24-61(25-23-59)75-58(2)88-56-109-75)89-78(101)71-19-16-40-97(71)79(102)76(80(3,4)5)91-74(99)21-15-10-8-9-14-20-73(98)87-39-42-93(7)55-81(6)38-36-69(60-26-30-64(83)31-27-60)63(52-81)53-95-43-45-96(46-44-95)66-32-28-62(29-33-66)77(100)92-111(105,106)68-34-35-70(72(51-68)110(103,104)82(84,85)86)90-65(37-41-94-47-49-107-50-48-94)54-108-67-17-12-11-13-18-67/h11-13,17-18,22-35,51,56-57,65,71,76,90H,8-10,14-16,19-21,36-50,52-55H2,1-7H3,(H,87,98)(H,89,101)(H,91,99)(H,92,100)/t57-,65+,71-,76+,81?/m0/s1. The lowest BCUT2D eigenvalue weighted by Crippen LogP contribution is -2.57. The van der Waals surface area contributed by atoms with E-state index in [9.17, 15) is 54.0 Å². The summed E-state index contributed by atoms with van der Waals surface area (Å²) in [6, 6.07) is 32.0. The number of thioether (sulfide) groups is 1. The second-order valence-corrected chi connectivity index (χ2v) is 37.1. The van der Waals surface area contributed by atoms with Gasteiger partial charge in [-0.25, -0.2) is 26.5 Å². The summed E-state index contributed by atoms with van der Waals surface area (Å²) in [6.45, 7) is 21.0. The van der Waals surface area contributed by atoms with Gasteiger partial charge < -0.3 is 40.7 Å². The minimum atomic E-state index is -6.11. The summed E-state index contributed by atoms with van der Waals surface area (Å²) in [5.74, 6) is -1.36. The van der Waals surface area contributed by atoms with Crippen LogP contribution in [0.1, 0.15) is 151 Å². The molecule has 4 aliphatic rings. The van der Waals surface area contributed by atoms with Gasteiger partial charge in [0.25, 0.3) is 25.8 Å². The molecule has 4 heterocycles. The van der Waals surface area contributed by atoms with E-state index in [4.69, 9.17) is 16.3 Å². The Morgan fingerprint density at radius 2 is 1.46 bits per heavy atom. The zero-order valence-electron chi connectivity index (χ0n) is 64.6. The van der Waals surface area contributed by atoms with Crippen LogP contribution in [-0.2, 0) is 43.8 Å². The third-order valence-electron chi connectivity index (χ3n) is 21.4. The fourth-order valence-corrected chi connectivity index (χ4v) is 19.0. The molecule has 10 rings (SSSR count). The zero-order valence-corrected chi connectivity index (χ0v) is 68.7. The molecular weight excluding hydrogens is 1520 g/mol. The van der Waals surface area contributed by atoms with Crippen LogP contribution in [0.3, 0.4) is 0 Å². The molecule has 29 heteroatoms. The van der Waals surface area contributed by atoms with E-state index in [2.05, 4.69) is 72.0 Å². The molecule has 3 aliphatic heterocycles. The number of allylic oxidation sites excluding steroid dienone is 1. The number of piperazine rings is 1. The van der Waals surface area contributed by atoms with E-state index in [1.807, 2.05) is 112 Å². The number of aryl methyl sites for hydroxylation is 1. The van der Waals surface area contributed by atoms with Gasteiger partial charge in [0.2, 0.25) is 23.6 Å². The fraction of sp³-hybridized carbons (Fsp3) is 0.512. The lowest BCUT2D eigenvalue weighted by molar-refractivity contribution is -0.144. The first kappa shape index (κ1) is 86.0. The Morgan fingerprint density at radius 1 is 0.793 bits per heavy atom. The van der Waals surface area contributed by atoms with Crippen LogP contribution in [0.4, 0.5) is 24.5 Å². The van der Waals surface area contributed by atoms with Gasteiger partial charge in [-0.15, -0.1) is 23.1 Å². The van der Waals surface area contributed by atoms with E-state index in [1.165, 1.54) is 35.0 Å². The number of hydrogen-bond donors (Lipinski definition) is 5. The number of anilines is 2. The Hall–Kier alpha value is -7.41. The number of nitrogens with one attached hydrogen (secondary N) is 5. The molecule has 21 nitrogen and oxygen atoms in total. The molecule has 5 atom stereocenters. The number of aromatic nitrogens is 1. The number of ether oxygens (including phenoxy) is 1. The zero-order chi connectivity index (χ0) is 79.7. The number of morpholine rings is 1. The number of unbranched alkanes of at least 4 members (excludes halogenated alkanes) is 4. The number of halogens is 4. The summed E-state index contributed by atoms with van der Waals surface area (Å²) in [7, 11) is -8.92. The number of nitrogens with zero attached hydrogens (tertiary/aromatic N) is 6. The van der Waals surface area contributed by atoms with Crippen LogP contribution < -0.4 is 30.9 Å². The molecule has 0 radical (unpaired) electrons. The predicted octanol–water partition coefficient (Wildman–Crippen LogP) is 13.4. The highest BCUT2D eigenvalue weighted by Crippen LogP contribution is 2.44. The molecule has 5 aromatic carbocycles. The smallest absolute Gasteiger partial charge is 0.380 e. The minimum Gasteiger partial charge on any atom is -0.380 e. The molecule has 5 N–H and O–H groups in total. The topological polar surface area (TPSA) is 252 Å². The van der Waals surface area contributed by atoms with E-state index in [-0.39, 0.29) is 47.1 Å². The van der Waals surface area contributed by atoms with Crippen molar-refractivity contribution < 1.29 is 58.7 Å². The lowest BCUT2D eigenvalue weighted by atomic mass is 9.71. The second-order valence-electron chi connectivity index (χ2n) is 31.2. The first-order valence-electron chi connectivity index (χ1n) is 38.5. The molecule has 0 spiro atoms. The van der Waals surface area contributed by atoms with Gasteiger partial charge in [0.15, 0.2) is 0 Å². The van der Waals surface area contributed by atoms with Gasteiger partial charge in [0.1, 0.15) is 17.0 Å². The molecular formula is C82H107ClF3N11O10S4. The van der Waals surface area contributed by atoms with E-state index >= 15 is 0 Å². The molecule has 0 bridgehead atoms. The number of alkyl halides is 3. The third kappa shape index (κ3) is 24.1. The lowest BCUT2D eigenvalue weighted by Gasteiger charge is -2.42. The molecule has 3 fully saturated rings. The van der Waals surface area contributed by atoms with Crippen molar-refractivity contribution in [2.45, 2.75) is 169 Å². The highest BCUT2D eigenvalue weighted by molar-refractivity contribution is 7.99. The normalized spacial score (nSPS) is 18.5. The monoisotopic (exact) mass is 1630 g/mol. The van der Waals surface area contributed by atoms with Crippen LogP contribution in [0.15, 0.2) is 147 Å². The summed E-state index contributed by atoms with van der Waals surface area (Å²) in [4.78, 5) is 83.0. The number of likely N-dealkylation sites (tertiary alicyclic amines) is 1. The summed E-state index contributed by atoms with van der Waals surface area (Å²) >= 11 is 9.41. The van der Waals surface area contributed by atoms with Crippen molar-refractivity contribution in [1.29, 1.82) is 0 Å². The number of carbonyl (C=O) groups excluding carboxylic acids is 5. The first-order chi connectivity index (χ1) is 52.8. The number of carbonyl (C=O) groups is 5. The van der Waals surface area contributed by atoms with Gasteiger partial charge in [-0.05, 0) is 172 Å². The first-order valence-corrected chi connectivity index (χ1v) is 43.7. The number of likely N-dealkylation sites (N-methyl/N-ethyl adjacent to an activating group) is 1. The van der Waals surface area contributed by atoms with Crippen molar-refractivity contribution in [2.75, 3.05) is 115 Å². The maximum absolute atomic E-state index is 14.4. The minimum absolute atomic E-state index is 0.00789. The number of rotatable bonds is 35. The highest BCUT2D eigenvalue weighted by Gasteiger charge is 2.49. The van der Waals surface area contributed by atoms with Crippen LogP contribution in [0, 0.1) is 17.8 Å². The molecule has 1 unspecified atom stereocenters. The Kier molecular flexibility index (Phi) is 30.3. The van der Waals surface area contributed by atoms with Crippen molar-refractivity contribution in [1.82, 2.24) is 45.3 Å². The predicted molar refractivity (Wildman–Crippen MR) is 434 cm³/mol. The van der Waals surface area contributed by atoms with Gasteiger partial charge in [-0.1, -0.05) is 119 Å². The summed E-state index contributed by atoms with van der Waals surface area (Å²) in [5, 5.41) is 13.0. The molecule has 1 aliphatic carbocycles. The summed E-state index contributed by atoms with van der Waals surface area (Å²) < 4.78 is 105. The SMILES string of the molecule is Cc1ncsc1-c1ccc([C@H](C)NC(=O)[C@@H]2CCCN2C(=O)[C@@H](NC(=O)CCCCCCCC(=O)NCCN(C)CC2(C)CCC(c3ccc(Cl)cc3)=C(CN3CCN(c4ccc(C(=O)NS(=O)(=O)c5ccc(N[C@H](CCN6CCOCC6)CSc6ccccc6)c(S(=O)(=O)C(F)(F)F)c5)cc4)CC3)C2)C(C)(C)C)cc1. The third-order valence-corrected chi connectivity index (χ3v) is 26.6. The van der Waals surface area contributed by atoms with Gasteiger partial charge >= 0.3 is 5.51 Å². The summed E-state index contributed by atoms with van der Waals surface area (Å²) in [5.41, 5.74) is 2.58. The molecule has 0 saturated carbocycles. The van der Waals surface area contributed by atoms with Gasteiger partial charge in [-0.2, -0.15) is 13.2 Å². The highest BCUT2D eigenvalue weighted by atomic mass is 35.5. The van der Waals surface area contributed by atoms with Gasteiger partial charge in [0, 0.05) is 124 Å². The average molecular weight is 1630 g/mol. The number of sulfone groups is 1. The van der Waals surface area contributed by atoms with Crippen LogP contribution in [-0.4, -0.2) is 199 Å². The Labute approximate surface area is 666 Å². The fourth-order valence-electron chi connectivity index (χ4n) is 15.1.